The van der Waals surface area contributed by atoms with Crippen molar-refractivity contribution in [3.63, 3.8) is 0 Å². The van der Waals surface area contributed by atoms with Gasteiger partial charge in [0.2, 0.25) is 0 Å². The molecule has 0 saturated carbocycles. The number of nitrogens with zero attached hydrogens (tertiary/aromatic N) is 2. The number of fused-ring (bicyclic) bond motifs is 1. The van der Waals surface area contributed by atoms with Gasteiger partial charge < -0.3 is 10.8 Å². The molecule has 0 unspecified atom stereocenters. The van der Waals surface area contributed by atoms with E-state index in [1.807, 2.05) is 12.1 Å². The Hall–Kier alpha value is -2.37. The maximum absolute atomic E-state index is 11.9. The van der Waals surface area contributed by atoms with Gasteiger partial charge in [-0.2, -0.15) is 0 Å². The SMILES string of the molecule is NCCCc1ccc(C[C@H]2C[C@H](C(=O)O)N(N=C=O)c3cc(Cl)cc(Cl)c32)cc1. The molecule has 0 aliphatic carbocycles. The number of carboxylic acid groups (broad SMARTS) is 1. The zero-order valence-corrected chi connectivity index (χ0v) is 17.2. The average Bonchev–Trinajstić information content (AvgIpc) is 2.68. The molecule has 0 fully saturated rings. The number of hydrogen-bond donors (Lipinski definition) is 2. The number of benzene rings is 2. The zero-order valence-electron chi connectivity index (χ0n) is 15.6. The predicted octanol–water partition coefficient (Wildman–Crippen LogP) is 4.13. The van der Waals surface area contributed by atoms with Crippen LogP contribution in [0.25, 0.3) is 0 Å². The van der Waals surface area contributed by atoms with Crippen molar-refractivity contribution in [3.8, 4) is 0 Å². The predicted molar refractivity (Wildman–Crippen MR) is 113 cm³/mol. The van der Waals surface area contributed by atoms with Crippen LogP contribution in [-0.4, -0.2) is 29.7 Å². The van der Waals surface area contributed by atoms with Gasteiger partial charge in [-0.15, -0.1) is 0 Å². The molecule has 2 aromatic carbocycles. The molecular formula is C21H21Cl2N3O3. The molecule has 1 aliphatic rings. The van der Waals surface area contributed by atoms with Crippen molar-refractivity contribution in [2.75, 3.05) is 11.6 Å². The molecule has 2 aromatic rings. The van der Waals surface area contributed by atoms with E-state index in [1.165, 1.54) is 11.6 Å². The fraction of sp³-hybridized carbons (Fsp3) is 0.333. The Balaban J connectivity index is 1.97. The Labute approximate surface area is 178 Å². The molecule has 0 aromatic heterocycles. The third-order valence-electron chi connectivity index (χ3n) is 5.14. The molecule has 0 radical (unpaired) electrons. The van der Waals surface area contributed by atoms with Crippen molar-refractivity contribution in [3.05, 3.63) is 63.1 Å². The second-order valence-electron chi connectivity index (χ2n) is 7.06. The minimum absolute atomic E-state index is 0.163. The van der Waals surface area contributed by atoms with Crippen LogP contribution in [-0.2, 0) is 22.4 Å². The number of nitrogens with two attached hydrogens (primary N) is 1. The monoisotopic (exact) mass is 433 g/mol. The van der Waals surface area contributed by atoms with Crippen LogP contribution >= 0.6 is 23.2 Å². The summed E-state index contributed by atoms with van der Waals surface area (Å²) in [4.78, 5) is 22.8. The van der Waals surface area contributed by atoms with Crippen molar-refractivity contribution in [2.24, 2.45) is 10.8 Å². The van der Waals surface area contributed by atoms with E-state index >= 15 is 0 Å². The normalized spacial score (nSPS) is 18.1. The van der Waals surface area contributed by atoms with Gasteiger partial charge in [-0.1, -0.05) is 52.6 Å². The highest BCUT2D eigenvalue weighted by Crippen LogP contribution is 2.45. The maximum Gasteiger partial charge on any atom is 0.328 e. The first-order valence-corrected chi connectivity index (χ1v) is 10.1. The number of hydrazone groups is 1. The fourth-order valence-electron chi connectivity index (χ4n) is 3.81. The largest absolute Gasteiger partial charge is 0.480 e. The summed E-state index contributed by atoms with van der Waals surface area (Å²) in [5.41, 5.74) is 9.01. The highest BCUT2D eigenvalue weighted by atomic mass is 35.5. The van der Waals surface area contributed by atoms with Crippen molar-refractivity contribution in [1.29, 1.82) is 0 Å². The van der Waals surface area contributed by atoms with Crippen LogP contribution < -0.4 is 10.7 Å². The number of anilines is 1. The van der Waals surface area contributed by atoms with Crippen LogP contribution in [0.1, 0.15) is 35.4 Å². The van der Waals surface area contributed by atoms with Gasteiger partial charge >= 0.3 is 5.97 Å². The average molecular weight is 434 g/mol. The van der Waals surface area contributed by atoms with Crippen molar-refractivity contribution < 1.29 is 14.7 Å². The quantitative estimate of drug-likeness (QED) is 0.505. The summed E-state index contributed by atoms with van der Waals surface area (Å²) in [5.74, 6) is -1.24. The highest BCUT2D eigenvalue weighted by molar-refractivity contribution is 6.35. The van der Waals surface area contributed by atoms with Gasteiger partial charge in [0.15, 0.2) is 6.04 Å². The second kappa shape index (κ2) is 9.42. The lowest BCUT2D eigenvalue weighted by atomic mass is 9.82. The first kappa shape index (κ1) is 21.3. The number of rotatable bonds is 7. The maximum atomic E-state index is 11.9. The van der Waals surface area contributed by atoms with Crippen molar-refractivity contribution in [2.45, 2.75) is 37.6 Å². The molecule has 152 valence electrons. The Bertz CT molecular complexity index is 943. The molecular weight excluding hydrogens is 413 g/mol. The molecule has 8 heteroatoms. The lowest BCUT2D eigenvalue weighted by molar-refractivity contribution is -0.139. The van der Waals surface area contributed by atoms with Gasteiger partial charge in [-0.25, -0.2) is 14.6 Å². The van der Waals surface area contributed by atoms with Gasteiger partial charge in [-0.3, -0.25) is 0 Å². The van der Waals surface area contributed by atoms with E-state index in [1.54, 1.807) is 12.1 Å². The van der Waals surface area contributed by atoms with Gasteiger partial charge in [0.25, 0.3) is 6.08 Å². The smallest absolute Gasteiger partial charge is 0.328 e. The summed E-state index contributed by atoms with van der Waals surface area (Å²) in [6, 6.07) is 10.4. The van der Waals surface area contributed by atoms with E-state index in [2.05, 4.69) is 17.2 Å². The van der Waals surface area contributed by atoms with E-state index in [0.29, 0.717) is 28.7 Å². The topological polar surface area (TPSA) is 96.0 Å². The van der Waals surface area contributed by atoms with Crippen molar-refractivity contribution in [1.82, 2.24) is 0 Å². The Kier molecular flexibility index (Phi) is 6.93. The molecule has 0 spiro atoms. The lowest BCUT2D eigenvalue weighted by Crippen LogP contribution is -2.43. The Morgan fingerprint density at radius 3 is 2.55 bits per heavy atom. The van der Waals surface area contributed by atoms with Crippen LogP contribution in [0.5, 0.6) is 0 Å². The summed E-state index contributed by atoms with van der Waals surface area (Å²) in [5, 5.41) is 15.2. The van der Waals surface area contributed by atoms with E-state index in [0.717, 1.165) is 29.0 Å². The number of aliphatic carboxylic acids is 1. The van der Waals surface area contributed by atoms with Crippen LogP contribution in [0.15, 0.2) is 41.5 Å². The van der Waals surface area contributed by atoms with Crippen LogP contribution in [0.2, 0.25) is 10.0 Å². The fourth-order valence-corrected chi connectivity index (χ4v) is 4.45. The molecule has 3 rings (SSSR count). The van der Waals surface area contributed by atoms with Gasteiger partial charge in [0.05, 0.1) is 5.69 Å². The molecule has 29 heavy (non-hydrogen) atoms. The highest BCUT2D eigenvalue weighted by Gasteiger charge is 2.38. The minimum atomic E-state index is -1.08. The van der Waals surface area contributed by atoms with Crippen LogP contribution in [0.4, 0.5) is 5.69 Å². The van der Waals surface area contributed by atoms with E-state index in [-0.39, 0.29) is 12.3 Å². The standard InChI is InChI=1S/C21H21Cl2N3O3/c22-16-10-17(23)20-15(8-14-5-3-13(4-6-14)2-1-7-24)9-19(21(28)29)26(25-12-27)18(20)11-16/h3-6,10-11,15,19H,1-2,7-9,24H2,(H,28,29)/t15-,19+/m0/s1. The molecule has 0 bridgehead atoms. The number of aryl methyl sites for hydroxylation is 1. The van der Waals surface area contributed by atoms with E-state index < -0.39 is 12.0 Å². The summed E-state index contributed by atoms with van der Waals surface area (Å²) in [6.07, 6.45) is 4.14. The van der Waals surface area contributed by atoms with Crippen molar-refractivity contribution >= 4 is 40.9 Å². The van der Waals surface area contributed by atoms with E-state index in [4.69, 9.17) is 28.9 Å². The molecule has 1 heterocycles. The van der Waals surface area contributed by atoms with Crippen LogP contribution in [0, 0.1) is 0 Å². The molecule has 0 saturated heterocycles. The van der Waals surface area contributed by atoms with Gasteiger partial charge in [0, 0.05) is 10.0 Å². The van der Waals surface area contributed by atoms with Crippen LogP contribution in [0.3, 0.4) is 0 Å². The molecule has 0 amide bonds. The molecule has 3 N–H and O–H groups in total. The number of carbonyl (C=O) groups excluding carboxylic acids is 1. The summed E-state index contributed by atoms with van der Waals surface area (Å²) in [7, 11) is 0. The van der Waals surface area contributed by atoms with Gasteiger partial charge in [-0.05, 0) is 67.0 Å². The van der Waals surface area contributed by atoms with E-state index in [9.17, 15) is 14.7 Å². The number of halogens is 2. The van der Waals surface area contributed by atoms with Gasteiger partial charge in [0.1, 0.15) is 0 Å². The molecule has 2 atom stereocenters. The Morgan fingerprint density at radius 1 is 1.24 bits per heavy atom. The number of isocyanates is 1. The number of carboxylic acids is 1. The number of carbonyl (C=O) groups is 1. The molecule has 6 nitrogen and oxygen atoms in total. The summed E-state index contributed by atoms with van der Waals surface area (Å²) >= 11 is 12.6. The second-order valence-corrected chi connectivity index (χ2v) is 7.90. The third kappa shape index (κ3) is 4.80. The Morgan fingerprint density at radius 2 is 1.93 bits per heavy atom. The summed E-state index contributed by atoms with van der Waals surface area (Å²) < 4.78 is 0. The zero-order chi connectivity index (χ0) is 21.0. The summed E-state index contributed by atoms with van der Waals surface area (Å²) in [6.45, 7) is 0.651. The minimum Gasteiger partial charge on any atom is -0.480 e. The first-order chi connectivity index (χ1) is 13.9. The first-order valence-electron chi connectivity index (χ1n) is 9.31. The molecule has 1 aliphatic heterocycles. The number of hydrogen-bond acceptors (Lipinski definition) is 5. The lowest BCUT2D eigenvalue weighted by Gasteiger charge is -2.37. The third-order valence-corrected chi connectivity index (χ3v) is 5.67.